The van der Waals surface area contributed by atoms with E-state index in [0.717, 1.165) is 0 Å². The van der Waals surface area contributed by atoms with Crippen LogP contribution in [0.5, 0.6) is 0 Å². The summed E-state index contributed by atoms with van der Waals surface area (Å²) >= 11 is 0. The summed E-state index contributed by atoms with van der Waals surface area (Å²) in [6, 6.07) is 0. The van der Waals surface area contributed by atoms with Gasteiger partial charge in [0.25, 0.3) is 10.1 Å². The summed E-state index contributed by atoms with van der Waals surface area (Å²) in [5.74, 6) is -3.54. The second kappa shape index (κ2) is 6.29. The van der Waals surface area contributed by atoms with Crippen molar-refractivity contribution in [1.29, 1.82) is 0 Å². The van der Waals surface area contributed by atoms with E-state index in [1.54, 1.807) is 0 Å². The second-order valence-electron chi connectivity index (χ2n) is 2.30. The molecule has 0 aliphatic heterocycles. The minimum Gasteiger partial charge on any atom is -0.479 e. The average Bonchev–Trinajstić information content (AvgIpc) is 1.98. The molecule has 0 bridgehead atoms. The molecule has 2 atom stereocenters. The molecule has 90 valence electrons. The van der Waals surface area contributed by atoms with E-state index in [2.05, 4.69) is 0 Å². The van der Waals surface area contributed by atoms with Crippen molar-refractivity contribution >= 4 is 22.1 Å². The summed E-state index contributed by atoms with van der Waals surface area (Å²) < 4.78 is 25.9. The Morgan fingerprint density at radius 2 is 1.13 bits per heavy atom. The Bertz CT molecular complexity index is 291. The quantitative estimate of drug-likeness (QED) is 0.334. The molecule has 0 saturated carbocycles. The van der Waals surface area contributed by atoms with E-state index in [1.807, 2.05) is 0 Å². The lowest BCUT2D eigenvalue weighted by atomic mass is 10.2. The summed E-state index contributed by atoms with van der Waals surface area (Å²) in [4.78, 5) is 19.5. The fraction of sp³-hybridized carbons (Fsp3) is 0.600. The molecule has 0 aromatic carbocycles. The molecule has 2 unspecified atom stereocenters. The lowest BCUT2D eigenvalue weighted by Gasteiger charge is -2.07. The first-order valence-corrected chi connectivity index (χ1v) is 5.06. The van der Waals surface area contributed by atoms with Crippen LogP contribution >= 0.6 is 0 Å². The van der Waals surface area contributed by atoms with Gasteiger partial charge in [-0.1, -0.05) is 0 Å². The number of carboxylic acids is 2. The third-order valence-electron chi connectivity index (χ3n) is 0.805. The molecule has 0 aliphatic rings. The van der Waals surface area contributed by atoms with E-state index in [1.165, 1.54) is 0 Å². The van der Waals surface area contributed by atoms with E-state index in [-0.39, 0.29) is 0 Å². The highest BCUT2D eigenvalue weighted by molar-refractivity contribution is 7.85. The van der Waals surface area contributed by atoms with Gasteiger partial charge in [0.2, 0.25) is 0 Å². The number of aliphatic hydroxyl groups excluding tert-OH is 2. The van der Waals surface area contributed by atoms with Crippen molar-refractivity contribution in [1.82, 2.24) is 0 Å². The third-order valence-corrected chi connectivity index (χ3v) is 0.805. The van der Waals surface area contributed by atoms with E-state index < -0.39 is 34.3 Å². The van der Waals surface area contributed by atoms with Gasteiger partial charge in [0, 0.05) is 0 Å². The summed E-state index contributed by atoms with van der Waals surface area (Å²) in [6.45, 7) is 0. The predicted molar refractivity (Wildman–Crippen MR) is 44.8 cm³/mol. The van der Waals surface area contributed by atoms with Gasteiger partial charge < -0.3 is 20.4 Å². The molecular weight excluding hydrogens is 236 g/mol. The second-order valence-corrected chi connectivity index (χ2v) is 3.77. The minimum absolute atomic E-state index is 0.715. The van der Waals surface area contributed by atoms with Gasteiger partial charge in [-0.15, -0.1) is 0 Å². The van der Waals surface area contributed by atoms with E-state index in [9.17, 15) is 18.0 Å². The Hall–Kier alpha value is -1.23. The molecule has 0 aromatic heterocycles. The first-order chi connectivity index (χ1) is 6.46. The first kappa shape index (κ1) is 16.2. The summed E-state index contributed by atoms with van der Waals surface area (Å²) in [5, 5.41) is 32.5. The van der Waals surface area contributed by atoms with E-state index >= 15 is 0 Å². The normalized spacial score (nSPS) is 14.4. The first-order valence-electron chi connectivity index (χ1n) is 3.21. The topological polar surface area (TPSA) is 169 Å². The zero-order chi connectivity index (χ0) is 12.8. The molecule has 0 spiro atoms. The smallest absolute Gasteiger partial charge is 0.335 e. The molecule has 0 amide bonds. The summed E-state index contributed by atoms with van der Waals surface area (Å²) in [6.07, 6.45) is -3.82. The van der Waals surface area contributed by atoms with Crippen molar-refractivity contribution < 1.29 is 43.0 Å². The Balaban J connectivity index is 0. The van der Waals surface area contributed by atoms with Crippen LogP contribution in [0.2, 0.25) is 0 Å². The number of carbonyl (C=O) groups is 2. The summed E-state index contributed by atoms with van der Waals surface area (Å²) in [7, 11) is -3.67. The minimum atomic E-state index is -3.67. The maximum atomic E-state index is 9.77. The van der Waals surface area contributed by atoms with Crippen LogP contribution < -0.4 is 0 Å². The van der Waals surface area contributed by atoms with Gasteiger partial charge in [0.15, 0.2) is 12.2 Å². The van der Waals surface area contributed by atoms with Crippen molar-refractivity contribution in [2.75, 3.05) is 6.26 Å². The molecule has 0 heterocycles. The Morgan fingerprint density at radius 1 is 1.00 bits per heavy atom. The van der Waals surface area contributed by atoms with Gasteiger partial charge >= 0.3 is 11.9 Å². The number of carboxylic acid groups (broad SMARTS) is 2. The van der Waals surface area contributed by atoms with Crippen LogP contribution in [0, 0.1) is 0 Å². The van der Waals surface area contributed by atoms with Crippen LogP contribution in [0.4, 0.5) is 0 Å². The molecular formula is C5H10O9S. The van der Waals surface area contributed by atoms with Gasteiger partial charge in [-0.25, -0.2) is 9.59 Å². The highest BCUT2D eigenvalue weighted by Crippen LogP contribution is 1.92. The molecule has 5 N–H and O–H groups in total. The average molecular weight is 246 g/mol. The van der Waals surface area contributed by atoms with E-state index in [0.29, 0.717) is 6.26 Å². The lowest BCUT2D eigenvalue weighted by molar-refractivity contribution is -0.165. The zero-order valence-electron chi connectivity index (χ0n) is 7.43. The molecule has 0 rings (SSSR count). The van der Waals surface area contributed by atoms with Gasteiger partial charge in [-0.05, 0) is 0 Å². The van der Waals surface area contributed by atoms with Crippen molar-refractivity contribution in [2.45, 2.75) is 12.2 Å². The van der Waals surface area contributed by atoms with E-state index in [4.69, 9.17) is 25.0 Å². The standard InChI is InChI=1S/C4H6O6.CH4O3S/c5-1(3(7)8)2(6)4(9)10;1-5(2,3)4/h1-2,5-6H,(H,7,8)(H,9,10);1H3,(H,2,3,4). The number of aliphatic carboxylic acids is 2. The van der Waals surface area contributed by atoms with Crippen LogP contribution in [-0.4, -0.2) is 63.8 Å². The Kier molecular flexibility index (Phi) is 6.80. The Labute approximate surface area is 84.3 Å². The van der Waals surface area contributed by atoms with Crippen LogP contribution in [0.1, 0.15) is 0 Å². The number of hydrogen-bond acceptors (Lipinski definition) is 6. The highest BCUT2D eigenvalue weighted by Gasteiger charge is 2.29. The Morgan fingerprint density at radius 3 is 1.20 bits per heavy atom. The van der Waals surface area contributed by atoms with Crippen molar-refractivity contribution in [3.05, 3.63) is 0 Å². The third kappa shape index (κ3) is 12.8. The van der Waals surface area contributed by atoms with Crippen molar-refractivity contribution in [3.63, 3.8) is 0 Å². The molecule has 0 aromatic rings. The van der Waals surface area contributed by atoms with Crippen LogP contribution in [-0.2, 0) is 19.7 Å². The molecule has 0 fully saturated rings. The van der Waals surface area contributed by atoms with Crippen molar-refractivity contribution in [2.24, 2.45) is 0 Å². The summed E-state index contributed by atoms with van der Waals surface area (Å²) in [5.41, 5.74) is 0. The SMILES string of the molecule is CS(=O)(=O)O.O=C(O)C(O)C(O)C(=O)O. The number of aliphatic hydroxyl groups is 2. The highest BCUT2D eigenvalue weighted by atomic mass is 32.2. The van der Waals surface area contributed by atoms with Gasteiger partial charge in [-0.3, -0.25) is 4.55 Å². The fourth-order valence-electron chi connectivity index (χ4n) is 0.270. The molecule has 15 heavy (non-hydrogen) atoms. The maximum Gasteiger partial charge on any atom is 0.335 e. The predicted octanol–water partition coefficient (Wildman–Crippen LogP) is -2.62. The number of hydrogen-bond donors (Lipinski definition) is 5. The zero-order valence-corrected chi connectivity index (χ0v) is 8.25. The van der Waals surface area contributed by atoms with Crippen LogP contribution in [0.3, 0.4) is 0 Å². The fourth-order valence-corrected chi connectivity index (χ4v) is 0.270. The van der Waals surface area contributed by atoms with Gasteiger partial charge in [0.05, 0.1) is 6.26 Å². The van der Waals surface area contributed by atoms with Crippen LogP contribution in [0.25, 0.3) is 0 Å². The van der Waals surface area contributed by atoms with Gasteiger partial charge in [0.1, 0.15) is 0 Å². The molecule has 9 nitrogen and oxygen atoms in total. The van der Waals surface area contributed by atoms with Crippen LogP contribution in [0.15, 0.2) is 0 Å². The maximum absolute atomic E-state index is 9.77. The monoisotopic (exact) mass is 246 g/mol. The molecule has 0 radical (unpaired) electrons. The van der Waals surface area contributed by atoms with Crippen molar-refractivity contribution in [3.8, 4) is 0 Å². The lowest BCUT2D eigenvalue weighted by Crippen LogP contribution is -2.39. The number of rotatable bonds is 3. The molecule has 10 heteroatoms. The molecule has 0 aliphatic carbocycles. The largest absolute Gasteiger partial charge is 0.479 e. The molecule has 0 saturated heterocycles. The van der Waals surface area contributed by atoms with Gasteiger partial charge in [-0.2, -0.15) is 8.42 Å².